The summed E-state index contributed by atoms with van der Waals surface area (Å²) in [7, 11) is 0.752. The van der Waals surface area contributed by atoms with Crippen LogP contribution in [-0.4, -0.2) is 73.6 Å². The monoisotopic (exact) mass is 1170 g/mol. The number of halogens is 2. The van der Waals surface area contributed by atoms with E-state index in [0.717, 1.165) is 44.9 Å². The third-order valence-corrected chi connectivity index (χ3v) is 10.6. The molecule has 10 aromatic rings. The van der Waals surface area contributed by atoms with Gasteiger partial charge in [0.05, 0.1) is 58.5 Å². The number of aromatic nitrogens is 5. The molecule has 5 aromatic carbocycles. The minimum atomic E-state index is -4.00. The highest BCUT2D eigenvalue weighted by atomic mass is 35.7. The number of hydrogen-bond donors (Lipinski definition) is 6. The zero-order valence-corrected chi connectivity index (χ0v) is 43.7. The van der Waals surface area contributed by atoms with Gasteiger partial charge >= 0.3 is 18.5 Å². The first-order chi connectivity index (χ1) is 37.9. The molecule has 0 amide bonds. The molecule has 0 fully saturated rings. The zero-order chi connectivity index (χ0) is 59.7. The van der Waals surface area contributed by atoms with Crippen LogP contribution in [0.4, 0.5) is 28.4 Å². The van der Waals surface area contributed by atoms with E-state index in [9.17, 15) is 57.3 Å². The fraction of sp³-hybridized carbons (Fsp3) is 0.0426. The molecule has 5 aromatic heterocycles. The van der Waals surface area contributed by atoms with Gasteiger partial charge in [-0.05, 0) is 65.4 Å². The molecule has 7 N–H and O–H groups in total. The summed E-state index contributed by atoms with van der Waals surface area (Å²) in [5.74, 6) is 0. The maximum absolute atomic E-state index is 10.4. The Hall–Kier alpha value is -11.1. The van der Waals surface area contributed by atoms with Crippen LogP contribution in [0.2, 0.25) is 0 Å². The number of rotatable bonds is 6. The van der Waals surface area contributed by atoms with Gasteiger partial charge in [0.1, 0.15) is 18.2 Å². The molecule has 408 valence electrons. The molecule has 0 bridgehead atoms. The van der Waals surface area contributed by atoms with E-state index in [2.05, 4.69) is 61.1 Å². The topological polar surface area (TPSA) is 476 Å². The summed E-state index contributed by atoms with van der Waals surface area (Å²) < 4.78 is 42.6. The van der Waals surface area contributed by atoms with Gasteiger partial charge in [-0.2, -0.15) is 32.6 Å². The van der Waals surface area contributed by atoms with Crippen molar-refractivity contribution in [2.45, 2.75) is 13.8 Å². The molecule has 80 heavy (non-hydrogen) atoms. The zero-order valence-electron chi connectivity index (χ0n) is 40.6. The molecule has 0 spiro atoms. The van der Waals surface area contributed by atoms with E-state index in [4.69, 9.17) is 31.1 Å². The third kappa shape index (κ3) is 19.2. The number of aromatic amines is 5. The largest absolute Gasteiger partial charge is 0.399 e. The van der Waals surface area contributed by atoms with Crippen LogP contribution in [-0.2, 0) is 28.1 Å². The number of hydrogen-bond acceptors (Lipinski definition) is 18. The Morgan fingerprint density at radius 1 is 0.463 bits per heavy atom. The number of nitrogens with one attached hydrogen (secondary N) is 5. The van der Waals surface area contributed by atoms with E-state index in [1.54, 1.807) is 48.9 Å². The molecular weight excluding hydrogens is 1130 g/mol. The average Bonchev–Trinajstić information content (AvgIpc) is 4.33. The summed E-state index contributed by atoms with van der Waals surface area (Å²) in [5, 5.41) is 72.0. The number of carbonyl (C=O) groups excluding carboxylic acids is 2. The van der Waals surface area contributed by atoms with Gasteiger partial charge in [0.2, 0.25) is 0 Å². The van der Waals surface area contributed by atoms with Crippen molar-refractivity contribution < 1.29 is 46.1 Å². The molecule has 29 nitrogen and oxygen atoms in total. The molecule has 10 rings (SSSR count). The van der Waals surface area contributed by atoms with Gasteiger partial charge in [-0.15, -0.1) is 0 Å². The minimum absolute atomic E-state index is 0.0174. The van der Waals surface area contributed by atoms with Crippen molar-refractivity contribution >= 4 is 135 Å². The number of nitrogens with two attached hydrogens (primary N) is 1. The fourth-order valence-electron chi connectivity index (χ4n) is 6.26. The first kappa shape index (κ1) is 63.2. The van der Waals surface area contributed by atoms with Crippen molar-refractivity contribution in [3.8, 4) is 18.2 Å². The maximum Gasteiger partial charge on any atom is 0.350 e. The second-order valence-electron chi connectivity index (χ2n) is 14.4. The van der Waals surface area contributed by atoms with Crippen molar-refractivity contribution in [2.24, 2.45) is 8.80 Å². The number of nitro benzene ring substituents is 4. The Morgan fingerprint density at radius 2 is 0.750 bits per heavy atom. The SMILES string of the molecule is CC.N#Cc1c[nH]c2cc(N)ccc12.N#Cc1c[nH]c2cc([N+](=O)[O-])ccc12.N#Cc1c[nH]c2cc([N+](=O)[O-])ccc12.O=C=NS(=O)(=O)Cl.O=C=NS(=O)(=O)Cl.O=[N+]([O-])c1ccc2cc[nH]c2c1.O=[N+]([O-])c1ccc2cc[nH]c2c1. The second-order valence-corrected chi connectivity index (χ2v) is 18.8. The van der Waals surface area contributed by atoms with Crippen LogP contribution in [0.3, 0.4) is 0 Å². The van der Waals surface area contributed by atoms with E-state index >= 15 is 0 Å². The van der Waals surface area contributed by atoms with Crippen LogP contribution in [0.15, 0.2) is 143 Å². The Bertz CT molecular complexity index is 4120. The Balaban J connectivity index is 0.000000247. The lowest BCUT2D eigenvalue weighted by Crippen LogP contribution is -1.86. The van der Waals surface area contributed by atoms with E-state index in [1.165, 1.54) is 60.9 Å². The summed E-state index contributed by atoms with van der Waals surface area (Å²) in [4.78, 5) is 72.4. The highest BCUT2D eigenvalue weighted by Crippen LogP contribution is 2.25. The number of nitrogen functional groups attached to an aromatic ring is 1. The molecular formula is C47H35Cl2N15O14S2. The number of H-pyrrole nitrogens is 5. The summed E-state index contributed by atoms with van der Waals surface area (Å²) >= 11 is 0. The Morgan fingerprint density at radius 3 is 1.02 bits per heavy atom. The van der Waals surface area contributed by atoms with Gasteiger partial charge < -0.3 is 30.7 Å². The smallest absolute Gasteiger partial charge is 0.350 e. The van der Waals surface area contributed by atoms with Gasteiger partial charge in [0, 0.05) is 128 Å². The summed E-state index contributed by atoms with van der Waals surface area (Å²) in [6, 6.07) is 33.5. The van der Waals surface area contributed by atoms with Gasteiger partial charge in [-0.1, -0.05) is 22.6 Å². The number of anilines is 1. The molecule has 0 unspecified atom stereocenters. The molecule has 0 atom stereocenters. The predicted molar refractivity (Wildman–Crippen MR) is 294 cm³/mol. The summed E-state index contributed by atoms with van der Waals surface area (Å²) in [6.07, 6.45) is 9.80. The van der Waals surface area contributed by atoms with Crippen LogP contribution in [0.1, 0.15) is 30.5 Å². The molecule has 5 heterocycles. The van der Waals surface area contributed by atoms with E-state index in [1.807, 2.05) is 50.3 Å². The molecule has 0 saturated heterocycles. The molecule has 33 heteroatoms. The molecule has 0 radical (unpaired) electrons. The van der Waals surface area contributed by atoms with Gasteiger partial charge in [-0.3, -0.25) is 40.5 Å². The summed E-state index contributed by atoms with van der Waals surface area (Å²) in [5.41, 5.74) is 11.9. The fourth-order valence-corrected chi connectivity index (χ4v) is 6.61. The van der Waals surface area contributed by atoms with Crippen LogP contribution < -0.4 is 5.73 Å². The van der Waals surface area contributed by atoms with Crippen molar-refractivity contribution in [3.63, 3.8) is 0 Å². The minimum Gasteiger partial charge on any atom is -0.399 e. The van der Waals surface area contributed by atoms with Crippen LogP contribution in [0.25, 0.3) is 54.5 Å². The third-order valence-electron chi connectivity index (χ3n) is 9.61. The average molecular weight is 1170 g/mol. The maximum atomic E-state index is 10.4. The lowest BCUT2D eigenvalue weighted by Gasteiger charge is -1.92. The number of benzene rings is 5. The number of non-ortho nitro benzene ring substituents is 4. The van der Waals surface area contributed by atoms with Crippen molar-refractivity contribution in [2.75, 3.05) is 5.73 Å². The molecule has 0 aliphatic rings. The number of nitriles is 3. The standard InChI is InChI=1S/2C9H5N3O2.C9H7N3.2C8H6N2O2.C2H6.2CClNO3S/c2*10-4-6-5-11-9-3-7(12(13)14)1-2-8(6)9;10-4-6-5-12-9-3-7(11)1-2-8(6)9;2*11-10(12)7-2-1-6-3-4-9-8(6)5-7;1-2;2*2-7(5,6)3-1-4/h2*1-3,5,11H;1-3,5,12H,11H2;2*1-5,9H;1-2H3;;. The second kappa shape index (κ2) is 29.9. The highest BCUT2D eigenvalue weighted by Gasteiger charge is 2.11. The van der Waals surface area contributed by atoms with Crippen molar-refractivity contribution in [1.82, 2.24) is 24.9 Å². The molecule has 0 aliphatic heterocycles. The molecule has 0 saturated carbocycles. The van der Waals surface area contributed by atoms with Crippen LogP contribution in [0, 0.1) is 74.5 Å². The Kier molecular flexibility index (Phi) is 23.6. The van der Waals surface area contributed by atoms with Gasteiger partial charge in [0.15, 0.2) is 0 Å². The number of nitrogens with zero attached hydrogens (tertiary/aromatic N) is 9. The normalized spacial score (nSPS) is 9.86. The lowest BCUT2D eigenvalue weighted by atomic mass is 10.2. The number of isocyanates is 2. The highest BCUT2D eigenvalue weighted by molar-refractivity contribution is 8.13. The van der Waals surface area contributed by atoms with E-state index in [-0.39, 0.29) is 22.7 Å². The van der Waals surface area contributed by atoms with Crippen molar-refractivity contribution in [1.29, 1.82) is 15.8 Å². The van der Waals surface area contributed by atoms with Crippen molar-refractivity contribution in [3.05, 3.63) is 191 Å². The van der Waals surface area contributed by atoms with E-state index in [0.29, 0.717) is 44.2 Å². The lowest BCUT2D eigenvalue weighted by molar-refractivity contribution is -0.384. The number of fused-ring (bicyclic) bond motifs is 5. The Labute approximate surface area is 457 Å². The predicted octanol–water partition coefficient (Wildman–Crippen LogP) is 10.3. The van der Waals surface area contributed by atoms with E-state index < -0.39 is 38.2 Å². The first-order valence-electron chi connectivity index (χ1n) is 21.5. The van der Waals surface area contributed by atoms with Crippen LogP contribution in [0.5, 0.6) is 0 Å². The van der Waals surface area contributed by atoms with Gasteiger partial charge in [-0.25, -0.2) is 9.59 Å². The summed E-state index contributed by atoms with van der Waals surface area (Å²) in [6.45, 7) is 4.00. The quantitative estimate of drug-likeness (QED) is 0.0225. The number of nitro groups is 4. The van der Waals surface area contributed by atoms with Crippen LogP contribution >= 0.6 is 21.4 Å². The van der Waals surface area contributed by atoms with Gasteiger partial charge in [0.25, 0.3) is 34.9 Å². The first-order valence-corrected chi connectivity index (χ1v) is 26.0. The molecule has 0 aliphatic carbocycles.